The Bertz CT molecular complexity index is 351. The molecule has 0 saturated heterocycles. The molecule has 1 heterocycles. The van der Waals surface area contributed by atoms with E-state index in [2.05, 4.69) is 0 Å². The molecule has 0 N–H and O–H groups in total. The van der Waals surface area contributed by atoms with Gasteiger partial charge >= 0.3 is 5.97 Å². The first kappa shape index (κ1) is 11.5. The van der Waals surface area contributed by atoms with Crippen molar-refractivity contribution in [3.63, 3.8) is 0 Å². The van der Waals surface area contributed by atoms with Crippen molar-refractivity contribution in [1.82, 2.24) is 0 Å². The lowest BCUT2D eigenvalue weighted by molar-refractivity contribution is 0.0462. The highest BCUT2D eigenvalue weighted by Crippen LogP contribution is 2.10. The number of carbonyl (C=O) groups excluding carboxylic acids is 2. The Balaban J connectivity index is 2.54. The second kappa shape index (κ2) is 5.34. The van der Waals surface area contributed by atoms with Crippen molar-refractivity contribution in [2.75, 3.05) is 6.61 Å². The van der Waals surface area contributed by atoms with Gasteiger partial charge in [0.2, 0.25) is 5.76 Å². The van der Waals surface area contributed by atoms with Crippen LogP contribution in [0.4, 0.5) is 0 Å². The summed E-state index contributed by atoms with van der Waals surface area (Å²) in [6, 6.07) is 2.92. The van der Waals surface area contributed by atoms with Gasteiger partial charge in [-0.25, -0.2) is 4.79 Å². The standard InChI is InChI=1S/C11H14O4/c1-3-4-7-14-11(13)10-6-5-9(15-10)8(2)12/h5-6H,3-4,7H2,1-2H3. The third kappa shape index (κ3) is 3.23. The van der Waals surface area contributed by atoms with E-state index in [-0.39, 0.29) is 17.3 Å². The number of hydrogen-bond donors (Lipinski definition) is 0. The molecule has 0 aliphatic rings. The normalized spacial score (nSPS) is 10.0. The molecule has 1 aromatic heterocycles. The minimum Gasteiger partial charge on any atom is -0.460 e. The van der Waals surface area contributed by atoms with Crippen molar-refractivity contribution in [2.45, 2.75) is 26.7 Å². The van der Waals surface area contributed by atoms with E-state index in [0.29, 0.717) is 6.61 Å². The number of unbranched alkanes of at least 4 members (excludes halogenated alkanes) is 1. The van der Waals surface area contributed by atoms with Crippen LogP contribution in [0, 0.1) is 0 Å². The minimum absolute atomic E-state index is 0.0799. The molecule has 0 amide bonds. The van der Waals surface area contributed by atoms with E-state index >= 15 is 0 Å². The Hall–Kier alpha value is -1.58. The van der Waals surface area contributed by atoms with E-state index in [1.807, 2.05) is 6.92 Å². The van der Waals surface area contributed by atoms with Crippen LogP contribution in [0.5, 0.6) is 0 Å². The fraction of sp³-hybridized carbons (Fsp3) is 0.455. The maximum absolute atomic E-state index is 11.3. The molecule has 0 bridgehead atoms. The molecule has 4 heteroatoms. The highest BCUT2D eigenvalue weighted by molar-refractivity contribution is 5.93. The summed E-state index contributed by atoms with van der Waals surface area (Å²) in [6.07, 6.45) is 1.79. The van der Waals surface area contributed by atoms with Crippen LogP contribution in [0.15, 0.2) is 16.5 Å². The lowest BCUT2D eigenvalue weighted by Crippen LogP contribution is -2.05. The predicted molar refractivity (Wildman–Crippen MR) is 53.9 cm³/mol. The van der Waals surface area contributed by atoms with Gasteiger partial charge in [-0.1, -0.05) is 13.3 Å². The Kier molecular flexibility index (Phi) is 4.09. The van der Waals surface area contributed by atoms with E-state index in [1.165, 1.54) is 19.1 Å². The molecule has 1 rings (SSSR count). The van der Waals surface area contributed by atoms with Crippen molar-refractivity contribution < 1.29 is 18.7 Å². The van der Waals surface area contributed by atoms with E-state index in [4.69, 9.17) is 9.15 Å². The molecule has 0 aromatic carbocycles. The van der Waals surface area contributed by atoms with Gasteiger partial charge < -0.3 is 9.15 Å². The van der Waals surface area contributed by atoms with Crippen LogP contribution in [0.1, 0.15) is 47.8 Å². The number of hydrogen-bond acceptors (Lipinski definition) is 4. The van der Waals surface area contributed by atoms with Gasteiger partial charge in [0.15, 0.2) is 11.5 Å². The Morgan fingerprint density at radius 3 is 2.53 bits per heavy atom. The zero-order valence-corrected chi connectivity index (χ0v) is 8.91. The SMILES string of the molecule is CCCCOC(=O)c1ccc(C(C)=O)o1. The summed E-state index contributed by atoms with van der Waals surface area (Å²) >= 11 is 0. The fourth-order valence-corrected chi connectivity index (χ4v) is 1.02. The first-order valence-electron chi connectivity index (χ1n) is 4.93. The highest BCUT2D eigenvalue weighted by atomic mass is 16.5. The number of Topliss-reactive ketones (excluding diaryl/α,β-unsaturated/α-hetero) is 1. The first-order valence-corrected chi connectivity index (χ1v) is 4.93. The quantitative estimate of drug-likeness (QED) is 0.425. The van der Waals surface area contributed by atoms with Crippen LogP contribution in [-0.4, -0.2) is 18.4 Å². The van der Waals surface area contributed by atoms with Crippen molar-refractivity contribution in [3.05, 3.63) is 23.7 Å². The lowest BCUT2D eigenvalue weighted by Gasteiger charge is -2.00. The molecule has 0 aliphatic heterocycles. The fourth-order valence-electron chi connectivity index (χ4n) is 1.02. The van der Waals surface area contributed by atoms with Crippen LogP contribution >= 0.6 is 0 Å². The molecular weight excluding hydrogens is 196 g/mol. The summed E-state index contributed by atoms with van der Waals surface area (Å²) in [5, 5.41) is 0. The third-order valence-electron chi connectivity index (χ3n) is 1.89. The molecule has 0 radical (unpaired) electrons. The second-order valence-corrected chi connectivity index (χ2v) is 3.21. The molecular formula is C11H14O4. The van der Waals surface area contributed by atoms with Crippen molar-refractivity contribution in [1.29, 1.82) is 0 Å². The second-order valence-electron chi connectivity index (χ2n) is 3.21. The van der Waals surface area contributed by atoms with E-state index in [9.17, 15) is 9.59 Å². The number of rotatable bonds is 5. The average Bonchev–Trinajstić information content (AvgIpc) is 2.66. The first-order chi connectivity index (χ1) is 7.15. The van der Waals surface area contributed by atoms with Gasteiger partial charge in [0.1, 0.15) is 0 Å². The number of ketones is 1. The van der Waals surface area contributed by atoms with Crippen LogP contribution in [-0.2, 0) is 4.74 Å². The van der Waals surface area contributed by atoms with Crippen LogP contribution in [0.25, 0.3) is 0 Å². The Morgan fingerprint density at radius 2 is 2.00 bits per heavy atom. The average molecular weight is 210 g/mol. The summed E-state index contributed by atoms with van der Waals surface area (Å²) in [7, 11) is 0. The van der Waals surface area contributed by atoms with E-state index < -0.39 is 5.97 Å². The molecule has 1 aromatic rings. The molecule has 15 heavy (non-hydrogen) atoms. The van der Waals surface area contributed by atoms with Gasteiger partial charge in [-0.3, -0.25) is 4.79 Å². The Morgan fingerprint density at radius 1 is 1.33 bits per heavy atom. The molecule has 0 atom stereocenters. The summed E-state index contributed by atoms with van der Waals surface area (Å²) < 4.78 is 9.93. The predicted octanol–water partition coefficient (Wildman–Crippen LogP) is 2.44. The number of furan rings is 1. The van der Waals surface area contributed by atoms with Gasteiger partial charge in [-0.05, 0) is 18.6 Å². The molecule has 0 saturated carbocycles. The monoisotopic (exact) mass is 210 g/mol. The van der Waals surface area contributed by atoms with Crippen molar-refractivity contribution in [2.24, 2.45) is 0 Å². The van der Waals surface area contributed by atoms with E-state index in [1.54, 1.807) is 0 Å². The highest BCUT2D eigenvalue weighted by Gasteiger charge is 2.13. The number of carbonyl (C=O) groups is 2. The third-order valence-corrected chi connectivity index (χ3v) is 1.89. The summed E-state index contributed by atoms with van der Waals surface area (Å²) in [5.74, 6) is -0.465. The van der Waals surface area contributed by atoms with Crippen LogP contribution in [0.3, 0.4) is 0 Å². The molecule has 0 spiro atoms. The smallest absolute Gasteiger partial charge is 0.374 e. The van der Waals surface area contributed by atoms with Gasteiger partial charge in [0, 0.05) is 6.92 Å². The zero-order chi connectivity index (χ0) is 11.3. The van der Waals surface area contributed by atoms with Gasteiger partial charge in [-0.2, -0.15) is 0 Å². The topological polar surface area (TPSA) is 56.5 Å². The zero-order valence-electron chi connectivity index (χ0n) is 8.91. The lowest BCUT2D eigenvalue weighted by atomic mass is 10.3. The van der Waals surface area contributed by atoms with Crippen molar-refractivity contribution in [3.8, 4) is 0 Å². The molecule has 4 nitrogen and oxygen atoms in total. The molecule has 0 fully saturated rings. The molecule has 0 unspecified atom stereocenters. The van der Waals surface area contributed by atoms with Crippen molar-refractivity contribution >= 4 is 11.8 Å². The Labute approximate surface area is 88.2 Å². The summed E-state index contributed by atoms with van der Waals surface area (Å²) in [4.78, 5) is 22.2. The van der Waals surface area contributed by atoms with Gasteiger partial charge in [0.05, 0.1) is 6.61 Å². The maximum Gasteiger partial charge on any atom is 0.374 e. The summed E-state index contributed by atoms with van der Waals surface area (Å²) in [6.45, 7) is 3.77. The van der Waals surface area contributed by atoms with E-state index in [0.717, 1.165) is 12.8 Å². The number of ether oxygens (including phenoxy) is 1. The van der Waals surface area contributed by atoms with Crippen LogP contribution in [0.2, 0.25) is 0 Å². The van der Waals surface area contributed by atoms with Gasteiger partial charge in [0.25, 0.3) is 0 Å². The number of esters is 1. The summed E-state index contributed by atoms with van der Waals surface area (Å²) in [5.41, 5.74) is 0. The molecule has 0 aliphatic carbocycles. The maximum atomic E-state index is 11.3. The van der Waals surface area contributed by atoms with Crippen LogP contribution < -0.4 is 0 Å². The largest absolute Gasteiger partial charge is 0.460 e. The van der Waals surface area contributed by atoms with Gasteiger partial charge in [-0.15, -0.1) is 0 Å². The molecule has 82 valence electrons. The minimum atomic E-state index is -0.518.